The summed E-state index contributed by atoms with van der Waals surface area (Å²) in [5, 5.41) is 7.11. The number of para-hydroxylation sites is 1. The maximum atomic E-state index is 12.9. The number of amides is 1. The van der Waals surface area contributed by atoms with Gasteiger partial charge in [0.15, 0.2) is 5.11 Å². The van der Waals surface area contributed by atoms with E-state index >= 15 is 0 Å². The number of hydrogen-bond donors (Lipinski definition) is 2. The van der Waals surface area contributed by atoms with Gasteiger partial charge in [-0.15, -0.1) is 0 Å². The molecule has 0 spiro atoms. The van der Waals surface area contributed by atoms with Crippen molar-refractivity contribution in [1.82, 2.24) is 24.8 Å². The molecular weight excluding hydrogens is 468 g/mol. The van der Waals surface area contributed by atoms with Crippen LogP contribution in [-0.4, -0.2) is 37.0 Å². The molecule has 0 bridgehead atoms. The van der Waals surface area contributed by atoms with Gasteiger partial charge in [0.25, 0.3) is 0 Å². The number of pyridine rings is 2. The molecule has 1 aromatic carbocycles. The normalized spacial score (nSPS) is 17.2. The molecule has 1 saturated heterocycles. The molecule has 36 heavy (non-hydrogen) atoms. The van der Waals surface area contributed by atoms with Crippen LogP contribution in [0, 0.1) is 13.8 Å². The van der Waals surface area contributed by atoms with Gasteiger partial charge in [-0.25, -0.2) is 0 Å². The quantitative estimate of drug-likeness (QED) is 0.355. The third-order valence-electron chi connectivity index (χ3n) is 6.51. The van der Waals surface area contributed by atoms with Crippen LogP contribution in [0.4, 0.5) is 5.69 Å². The lowest BCUT2D eigenvalue weighted by molar-refractivity contribution is -0.116. The molecule has 0 saturated carbocycles. The summed E-state index contributed by atoms with van der Waals surface area (Å²) in [7, 11) is 0. The Morgan fingerprint density at radius 2 is 1.86 bits per heavy atom. The van der Waals surface area contributed by atoms with Gasteiger partial charge in [-0.1, -0.05) is 24.3 Å². The second kappa shape index (κ2) is 10.3. The lowest BCUT2D eigenvalue weighted by Crippen LogP contribution is -2.33. The summed E-state index contributed by atoms with van der Waals surface area (Å²) in [5.74, 6) is -0.0500. The highest BCUT2D eigenvalue weighted by atomic mass is 32.1. The minimum Gasteiger partial charge on any atom is -0.352 e. The summed E-state index contributed by atoms with van der Waals surface area (Å²) in [6.45, 7) is 4.53. The number of hydrogen-bond acceptors (Lipinski definition) is 4. The Labute approximate surface area is 216 Å². The van der Waals surface area contributed by atoms with Crippen molar-refractivity contribution < 1.29 is 4.79 Å². The van der Waals surface area contributed by atoms with Crippen molar-refractivity contribution in [2.45, 2.75) is 32.4 Å². The maximum Gasteiger partial charge on any atom is 0.226 e. The molecule has 1 fully saturated rings. The molecule has 1 aliphatic heterocycles. The second-order valence-electron chi connectivity index (χ2n) is 8.88. The van der Waals surface area contributed by atoms with E-state index in [0.29, 0.717) is 18.1 Å². The van der Waals surface area contributed by atoms with E-state index in [1.54, 1.807) is 12.4 Å². The fraction of sp³-hybridized carbons (Fsp3) is 0.214. The van der Waals surface area contributed by atoms with Crippen LogP contribution >= 0.6 is 12.2 Å². The molecule has 1 aliphatic rings. The van der Waals surface area contributed by atoms with Crippen LogP contribution in [0.1, 0.15) is 41.1 Å². The molecule has 3 aromatic heterocycles. The van der Waals surface area contributed by atoms with Crippen molar-refractivity contribution in [2.75, 3.05) is 11.9 Å². The highest BCUT2D eigenvalue weighted by Gasteiger charge is 2.41. The Bertz CT molecular complexity index is 1370. The van der Waals surface area contributed by atoms with Crippen LogP contribution in [0.5, 0.6) is 0 Å². The SMILES string of the molecule is Cc1ccccc1NC(=O)CCN1C(=S)N[C@@H](c2ccccn2)[C@@H]1c1ccc(C)n1-c1cccnc1. The van der Waals surface area contributed by atoms with Crippen molar-refractivity contribution in [3.63, 3.8) is 0 Å². The summed E-state index contributed by atoms with van der Waals surface area (Å²) in [4.78, 5) is 23.9. The van der Waals surface area contributed by atoms with E-state index in [2.05, 4.69) is 49.1 Å². The third kappa shape index (κ3) is 4.72. The number of aryl methyl sites for hydroxylation is 2. The van der Waals surface area contributed by atoms with Gasteiger partial charge in [0.05, 0.1) is 29.7 Å². The van der Waals surface area contributed by atoms with Crippen LogP contribution in [0.25, 0.3) is 5.69 Å². The molecule has 0 radical (unpaired) electrons. The Hall–Kier alpha value is -4.04. The summed E-state index contributed by atoms with van der Waals surface area (Å²) in [6.07, 6.45) is 5.71. The number of carbonyl (C=O) groups is 1. The average molecular weight is 497 g/mol. The summed E-state index contributed by atoms with van der Waals surface area (Å²) < 4.78 is 2.20. The van der Waals surface area contributed by atoms with Crippen molar-refractivity contribution in [3.05, 3.63) is 108 Å². The first-order valence-electron chi connectivity index (χ1n) is 11.9. The third-order valence-corrected chi connectivity index (χ3v) is 6.86. The zero-order valence-electron chi connectivity index (χ0n) is 20.3. The molecule has 2 N–H and O–H groups in total. The number of nitrogens with zero attached hydrogens (tertiary/aromatic N) is 4. The lowest BCUT2D eigenvalue weighted by atomic mass is 10.0. The fourth-order valence-corrected chi connectivity index (χ4v) is 5.08. The van der Waals surface area contributed by atoms with Gasteiger partial charge in [0.2, 0.25) is 5.91 Å². The molecule has 182 valence electrons. The van der Waals surface area contributed by atoms with E-state index in [9.17, 15) is 4.79 Å². The molecule has 4 heterocycles. The zero-order valence-corrected chi connectivity index (χ0v) is 21.1. The first-order valence-corrected chi connectivity index (χ1v) is 12.4. The van der Waals surface area contributed by atoms with Gasteiger partial charge < -0.3 is 20.1 Å². The number of rotatable bonds is 7. The number of carbonyl (C=O) groups excluding carboxylic acids is 1. The molecular formula is C28H28N6OS. The highest BCUT2D eigenvalue weighted by Crippen LogP contribution is 2.40. The van der Waals surface area contributed by atoms with Crippen molar-refractivity contribution in [3.8, 4) is 5.69 Å². The topological polar surface area (TPSA) is 75.1 Å². The zero-order chi connectivity index (χ0) is 25.1. The van der Waals surface area contributed by atoms with E-state index in [1.807, 2.05) is 67.7 Å². The minimum absolute atomic E-state index is 0.0500. The van der Waals surface area contributed by atoms with Crippen LogP contribution in [0.2, 0.25) is 0 Å². The number of anilines is 1. The summed E-state index contributed by atoms with van der Waals surface area (Å²) in [6, 6.07) is 21.5. The monoisotopic (exact) mass is 496 g/mol. The van der Waals surface area contributed by atoms with E-state index < -0.39 is 0 Å². The first-order chi connectivity index (χ1) is 17.5. The first kappa shape index (κ1) is 23.7. The summed E-state index contributed by atoms with van der Waals surface area (Å²) in [5.41, 5.74) is 5.88. The predicted octanol–water partition coefficient (Wildman–Crippen LogP) is 4.89. The number of aromatic nitrogens is 3. The number of benzene rings is 1. The highest BCUT2D eigenvalue weighted by molar-refractivity contribution is 7.80. The van der Waals surface area contributed by atoms with Crippen molar-refractivity contribution >= 4 is 28.9 Å². The van der Waals surface area contributed by atoms with Gasteiger partial charge in [-0.05, 0) is 74.1 Å². The van der Waals surface area contributed by atoms with Crippen molar-refractivity contribution in [1.29, 1.82) is 0 Å². The van der Waals surface area contributed by atoms with Gasteiger partial charge in [-0.3, -0.25) is 14.8 Å². The van der Waals surface area contributed by atoms with Crippen LogP contribution in [0.3, 0.4) is 0 Å². The van der Waals surface area contributed by atoms with Gasteiger partial charge >= 0.3 is 0 Å². The maximum absolute atomic E-state index is 12.9. The van der Waals surface area contributed by atoms with Crippen LogP contribution in [0.15, 0.2) is 85.3 Å². The van der Waals surface area contributed by atoms with Crippen LogP contribution < -0.4 is 10.6 Å². The molecule has 1 amide bonds. The lowest BCUT2D eigenvalue weighted by Gasteiger charge is -2.29. The molecule has 2 atom stereocenters. The molecule has 0 aliphatic carbocycles. The van der Waals surface area contributed by atoms with Gasteiger partial charge in [0.1, 0.15) is 0 Å². The standard InChI is InChI=1S/C28H28N6OS/c1-19-8-3-4-10-22(19)31-25(35)14-17-33-27(26(32-28(33)36)23-11-5-6-16-30-23)24-13-12-20(2)34(24)21-9-7-15-29-18-21/h3-13,15-16,18,26-27H,14,17H2,1-2H3,(H,31,35)(H,32,36)/t26-,27-/m0/s1. The smallest absolute Gasteiger partial charge is 0.226 e. The van der Waals surface area contributed by atoms with E-state index in [-0.39, 0.29) is 18.0 Å². The average Bonchev–Trinajstić information content (AvgIpc) is 3.44. The number of nitrogens with one attached hydrogen (secondary N) is 2. The Morgan fingerprint density at radius 3 is 2.61 bits per heavy atom. The summed E-state index contributed by atoms with van der Waals surface area (Å²) >= 11 is 5.80. The van der Waals surface area contributed by atoms with Crippen LogP contribution in [-0.2, 0) is 4.79 Å². The molecule has 0 unspecified atom stereocenters. The van der Waals surface area contributed by atoms with Gasteiger partial charge in [-0.2, -0.15) is 0 Å². The molecule has 5 rings (SSSR count). The van der Waals surface area contributed by atoms with E-state index in [1.165, 1.54) is 0 Å². The molecule has 4 aromatic rings. The predicted molar refractivity (Wildman–Crippen MR) is 145 cm³/mol. The Balaban J connectivity index is 1.47. The second-order valence-corrected chi connectivity index (χ2v) is 9.27. The Kier molecular flexibility index (Phi) is 6.77. The molecule has 7 nitrogen and oxygen atoms in total. The van der Waals surface area contributed by atoms with E-state index in [4.69, 9.17) is 12.2 Å². The van der Waals surface area contributed by atoms with Crippen molar-refractivity contribution in [2.24, 2.45) is 0 Å². The van der Waals surface area contributed by atoms with Gasteiger partial charge in [0, 0.05) is 42.4 Å². The molecule has 8 heteroatoms. The largest absolute Gasteiger partial charge is 0.352 e. The minimum atomic E-state index is -0.164. The van der Waals surface area contributed by atoms with E-state index in [0.717, 1.165) is 34.0 Å². The fourth-order valence-electron chi connectivity index (χ4n) is 4.74. The Morgan fingerprint density at radius 1 is 1.03 bits per heavy atom. The number of thiocarbonyl (C=S) groups is 1.